The molecule has 1 fully saturated rings. The molecule has 4 N–H and O–H groups in total. The summed E-state index contributed by atoms with van der Waals surface area (Å²) in [5.74, 6) is -0.317. The summed E-state index contributed by atoms with van der Waals surface area (Å²) in [4.78, 5) is 12.4. The van der Waals surface area contributed by atoms with Gasteiger partial charge in [-0.2, -0.15) is 0 Å². The zero-order chi connectivity index (χ0) is 15.5. The molecule has 1 amide bonds. The lowest BCUT2D eigenvalue weighted by molar-refractivity contribution is -0.120. The summed E-state index contributed by atoms with van der Waals surface area (Å²) in [7, 11) is -2.26. The summed E-state index contributed by atoms with van der Waals surface area (Å²) in [6.45, 7) is 0. The molecule has 0 saturated heterocycles. The number of nitrogens with one attached hydrogen (secondary N) is 2. The van der Waals surface area contributed by atoms with E-state index in [1.807, 2.05) is 0 Å². The SMILES string of the molecule is CNS(=O)(=O)c1ccccc1NC(=O)C1CCCC(N)C1. The third-order valence-corrected chi connectivity index (χ3v) is 5.26. The van der Waals surface area contributed by atoms with Crippen molar-refractivity contribution in [1.82, 2.24) is 4.72 Å². The molecule has 21 heavy (non-hydrogen) atoms. The molecule has 0 spiro atoms. The summed E-state index contributed by atoms with van der Waals surface area (Å²) in [6.07, 6.45) is 3.30. The molecule has 0 aliphatic heterocycles. The number of hydrogen-bond acceptors (Lipinski definition) is 4. The van der Waals surface area contributed by atoms with Gasteiger partial charge in [0.05, 0.1) is 5.69 Å². The van der Waals surface area contributed by atoms with E-state index in [4.69, 9.17) is 5.73 Å². The van der Waals surface area contributed by atoms with Gasteiger partial charge in [-0.15, -0.1) is 0 Å². The van der Waals surface area contributed by atoms with Crippen molar-refractivity contribution in [3.63, 3.8) is 0 Å². The third kappa shape index (κ3) is 3.81. The van der Waals surface area contributed by atoms with Crippen LogP contribution in [0.15, 0.2) is 29.2 Å². The first kappa shape index (κ1) is 15.9. The second kappa shape index (κ2) is 6.55. The fourth-order valence-corrected chi connectivity index (χ4v) is 3.50. The Morgan fingerprint density at radius 2 is 2.00 bits per heavy atom. The van der Waals surface area contributed by atoms with Crippen molar-refractivity contribution in [2.75, 3.05) is 12.4 Å². The van der Waals surface area contributed by atoms with Crippen LogP contribution in [0.1, 0.15) is 25.7 Å². The number of nitrogens with two attached hydrogens (primary N) is 1. The monoisotopic (exact) mass is 311 g/mol. The zero-order valence-corrected chi connectivity index (χ0v) is 12.8. The first-order chi connectivity index (χ1) is 9.94. The van der Waals surface area contributed by atoms with Crippen LogP contribution in [0.3, 0.4) is 0 Å². The van der Waals surface area contributed by atoms with Crippen LogP contribution >= 0.6 is 0 Å². The normalized spacial score (nSPS) is 22.8. The second-order valence-corrected chi connectivity index (χ2v) is 7.17. The van der Waals surface area contributed by atoms with Crippen molar-refractivity contribution in [3.05, 3.63) is 24.3 Å². The molecule has 1 aliphatic rings. The molecule has 0 radical (unpaired) electrons. The molecule has 2 unspecified atom stereocenters. The van der Waals surface area contributed by atoms with E-state index in [2.05, 4.69) is 10.0 Å². The standard InChI is InChI=1S/C14H21N3O3S/c1-16-21(19,20)13-8-3-2-7-12(13)17-14(18)10-5-4-6-11(15)9-10/h2-3,7-8,10-11,16H,4-6,9,15H2,1H3,(H,17,18). The summed E-state index contributed by atoms with van der Waals surface area (Å²) in [5, 5.41) is 2.73. The molecule has 2 atom stereocenters. The van der Waals surface area contributed by atoms with E-state index < -0.39 is 10.0 Å². The summed E-state index contributed by atoms with van der Waals surface area (Å²) in [5.41, 5.74) is 6.19. The van der Waals surface area contributed by atoms with Gasteiger partial charge < -0.3 is 11.1 Å². The summed E-state index contributed by atoms with van der Waals surface area (Å²) >= 11 is 0. The molecule has 0 aromatic heterocycles. The van der Waals surface area contributed by atoms with Crippen molar-refractivity contribution in [2.24, 2.45) is 11.7 Å². The predicted molar refractivity (Wildman–Crippen MR) is 81.3 cm³/mol. The average Bonchev–Trinajstić information content (AvgIpc) is 2.47. The number of hydrogen-bond donors (Lipinski definition) is 3. The maximum absolute atomic E-state index is 12.3. The van der Waals surface area contributed by atoms with Gasteiger partial charge in [0.15, 0.2) is 0 Å². The zero-order valence-electron chi connectivity index (χ0n) is 12.0. The largest absolute Gasteiger partial charge is 0.328 e. The highest BCUT2D eigenvalue weighted by atomic mass is 32.2. The summed E-state index contributed by atoms with van der Waals surface area (Å²) in [6, 6.07) is 6.41. The van der Waals surface area contributed by atoms with Crippen LogP contribution < -0.4 is 15.8 Å². The van der Waals surface area contributed by atoms with Crippen molar-refractivity contribution in [1.29, 1.82) is 0 Å². The fourth-order valence-electron chi connectivity index (χ4n) is 2.61. The van der Waals surface area contributed by atoms with Gasteiger partial charge in [-0.25, -0.2) is 13.1 Å². The number of anilines is 1. The molecule has 0 bridgehead atoms. The number of carbonyl (C=O) groups is 1. The Labute approximate surface area is 125 Å². The van der Waals surface area contributed by atoms with Crippen LogP contribution in [-0.2, 0) is 14.8 Å². The summed E-state index contributed by atoms with van der Waals surface area (Å²) < 4.78 is 26.2. The number of sulfonamides is 1. The van der Waals surface area contributed by atoms with Crippen LogP contribution in [0, 0.1) is 5.92 Å². The molecule has 6 nitrogen and oxygen atoms in total. The molecular weight excluding hydrogens is 290 g/mol. The molecule has 1 aliphatic carbocycles. The van der Waals surface area contributed by atoms with Gasteiger partial charge >= 0.3 is 0 Å². The number of amides is 1. The Kier molecular flexibility index (Phi) is 4.97. The van der Waals surface area contributed by atoms with E-state index >= 15 is 0 Å². The minimum atomic E-state index is -3.61. The minimum Gasteiger partial charge on any atom is -0.328 e. The van der Waals surface area contributed by atoms with E-state index in [1.165, 1.54) is 13.1 Å². The number of benzene rings is 1. The quantitative estimate of drug-likeness (QED) is 0.773. The molecule has 116 valence electrons. The molecule has 1 aromatic rings. The lowest BCUT2D eigenvalue weighted by Crippen LogP contribution is -2.34. The van der Waals surface area contributed by atoms with Crippen molar-refractivity contribution >= 4 is 21.6 Å². The Balaban J connectivity index is 2.18. The van der Waals surface area contributed by atoms with Crippen LogP contribution in [0.25, 0.3) is 0 Å². The van der Waals surface area contributed by atoms with Gasteiger partial charge in [0.1, 0.15) is 4.90 Å². The Bertz CT molecular complexity index is 616. The lowest BCUT2D eigenvalue weighted by atomic mass is 9.85. The molecule has 2 rings (SSSR count). The lowest BCUT2D eigenvalue weighted by Gasteiger charge is -2.26. The average molecular weight is 311 g/mol. The Hall–Kier alpha value is -1.44. The Morgan fingerprint density at radius 1 is 1.29 bits per heavy atom. The number of para-hydroxylation sites is 1. The minimum absolute atomic E-state index is 0.0470. The Morgan fingerprint density at radius 3 is 2.67 bits per heavy atom. The van der Waals surface area contributed by atoms with Crippen LogP contribution in [-0.4, -0.2) is 27.4 Å². The fraction of sp³-hybridized carbons (Fsp3) is 0.500. The van der Waals surface area contributed by atoms with Gasteiger partial charge in [0.25, 0.3) is 0 Å². The van der Waals surface area contributed by atoms with E-state index in [-0.39, 0.29) is 22.8 Å². The van der Waals surface area contributed by atoms with E-state index in [1.54, 1.807) is 18.2 Å². The van der Waals surface area contributed by atoms with E-state index in [0.29, 0.717) is 12.1 Å². The molecule has 1 saturated carbocycles. The van der Waals surface area contributed by atoms with Gasteiger partial charge in [0, 0.05) is 12.0 Å². The van der Waals surface area contributed by atoms with E-state index in [0.717, 1.165) is 19.3 Å². The first-order valence-electron chi connectivity index (χ1n) is 7.03. The van der Waals surface area contributed by atoms with Gasteiger partial charge in [-0.3, -0.25) is 4.79 Å². The second-order valence-electron chi connectivity index (χ2n) is 5.32. The van der Waals surface area contributed by atoms with Crippen LogP contribution in [0.2, 0.25) is 0 Å². The maximum Gasteiger partial charge on any atom is 0.242 e. The molecule has 7 heteroatoms. The van der Waals surface area contributed by atoms with E-state index in [9.17, 15) is 13.2 Å². The number of carbonyl (C=O) groups excluding carboxylic acids is 1. The van der Waals surface area contributed by atoms with Gasteiger partial charge in [0.2, 0.25) is 15.9 Å². The van der Waals surface area contributed by atoms with Crippen molar-refractivity contribution in [3.8, 4) is 0 Å². The van der Waals surface area contributed by atoms with Gasteiger partial charge in [-0.1, -0.05) is 18.6 Å². The van der Waals surface area contributed by atoms with Gasteiger partial charge in [-0.05, 0) is 38.4 Å². The molecule has 0 heterocycles. The third-order valence-electron chi connectivity index (χ3n) is 3.79. The van der Waals surface area contributed by atoms with Crippen molar-refractivity contribution in [2.45, 2.75) is 36.6 Å². The van der Waals surface area contributed by atoms with Crippen molar-refractivity contribution < 1.29 is 13.2 Å². The van der Waals surface area contributed by atoms with Crippen LogP contribution in [0.5, 0.6) is 0 Å². The highest BCUT2D eigenvalue weighted by Crippen LogP contribution is 2.26. The predicted octanol–water partition coefficient (Wildman–Crippen LogP) is 1.05. The highest BCUT2D eigenvalue weighted by Gasteiger charge is 2.26. The van der Waals surface area contributed by atoms with Crippen LogP contribution in [0.4, 0.5) is 5.69 Å². The maximum atomic E-state index is 12.3. The highest BCUT2D eigenvalue weighted by molar-refractivity contribution is 7.89. The first-order valence-corrected chi connectivity index (χ1v) is 8.51. The number of rotatable bonds is 4. The molecule has 1 aromatic carbocycles. The topological polar surface area (TPSA) is 101 Å². The smallest absolute Gasteiger partial charge is 0.242 e. The molecular formula is C14H21N3O3S.